The summed E-state index contributed by atoms with van der Waals surface area (Å²) in [6.45, 7) is 4.46. The van der Waals surface area contributed by atoms with Crippen LogP contribution in [0.4, 0.5) is 0 Å². The van der Waals surface area contributed by atoms with Gasteiger partial charge in [-0.1, -0.05) is 19.1 Å². The van der Waals surface area contributed by atoms with E-state index in [2.05, 4.69) is 13.0 Å². The molecular formula is C14H20O4. The largest absolute Gasteiger partial charge is 0.463 e. The molecule has 1 heterocycles. The van der Waals surface area contributed by atoms with Gasteiger partial charge in [-0.05, 0) is 31.6 Å². The minimum Gasteiger partial charge on any atom is -0.463 e. The molecule has 1 saturated carbocycles. The van der Waals surface area contributed by atoms with Gasteiger partial charge in [0.05, 0.1) is 12.5 Å². The molecule has 0 aromatic rings. The van der Waals surface area contributed by atoms with Crippen molar-refractivity contribution in [3.05, 3.63) is 12.2 Å². The molecular weight excluding hydrogens is 232 g/mol. The van der Waals surface area contributed by atoms with Gasteiger partial charge in [-0.25, -0.2) is 4.79 Å². The minimum atomic E-state index is -0.681. The second kappa shape index (κ2) is 5.55. The highest BCUT2D eigenvalue weighted by atomic mass is 16.6. The Kier molecular flexibility index (Phi) is 4.04. The Morgan fingerprint density at radius 3 is 2.83 bits per heavy atom. The van der Waals surface area contributed by atoms with Crippen LogP contribution in [0.1, 0.15) is 33.1 Å². The Morgan fingerprint density at radius 1 is 1.44 bits per heavy atom. The van der Waals surface area contributed by atoms with E-state index in [9.17, 15) is 9.59 Å². The maximum Gasteiger partial charge on any atom is 0.347 e. The van der Waals surface area contributed by atoms with E-state index in [0.717, 1.165) is 12.8 Å². The van der Waals surface area contributed by atoms with E-state index in [1.165, 1.54) is 0 Å². The van der Waals surface area contributed by atoms with Crippen molar-refractivity contribution in [3.8, 4) is 0 Å². The van der Waals surface area contributed by atoms with Crippen molar-refractivity contribution in [1.82, 2.24) is 0 Å². The fourth-order valence-corrected chi connectivity index (χ4v) is 2.88. The van der Waals surface area contributed by atoms with Gasteiger partial charge in [-0.2, -0.15) is 0 Å². The monoisotopic (exact) mass is 252 g/mol. The molecule has 0 aromatic heterocycles. The van der Waals surface area contributed by atoms with Gasteiger partial charge in [-0.3, -0.25) is 4.79 Å². The summed E-state index contributed by atoms with van der Waals surface area (Å²) in [7, 11) is 0. The molecule has 2 aliphatic rings. The summed E-state index contributed by atoms with van der Waals surface area (Å²) < 4.78 is 10.1. The lowest BCUT2D eigenvalue weighted by atomic mass is 9.96. The van der Waals surface area contributed by atoms with Crippen molar-refractivity contribution < 1.29 is 19.1 Å². The van der Waals surface area contributed by atoms with Gasteiger partial charge in [0.25, 0.3) is 0 Å². The molecule has 18 heavy (non-hydrogen) atoms. The highest BCUT2D eigenvalue weighted by Crippen LogP contribution is 2.38. The molecule has 0 aromatic carbocycles. The normalized spacial score (nSPS) is 36.0. The van der Waals surface area contributed by atoms with Crippen molar-refractivity contribution in [3.63, 3.8) is 0 Å². The van der Waals surface area contributed by atoms with E-state index in [4.69, 9.17) is 9.47 Å². The first kappa shape index (κ1) is 13.1. The first-order chi connectivity index (χ1) is 8.61. The SMILES string of the molecule is C/C=C/C1CC(C)CC1C(=O)OC1CCOC1=O. The number of carbonyl (C=O) groups is 2. The molecule has 0 radical (unpaired) electrons. The fourth-order valence-electron chi connectivity index (χ4n) is 2.88. The molecule has 4 atom stereocenters. The number of allylic oxidation sites excluding steroid dienone is 2. The third-order valence-corrected chi connectivity index (χ3v) is 3.74. The number of ether oxygens (including phenoxy) is 2. The topological polar surface area (TPSA) is 52.6 Å². The Balaban J connectivity index is 1.97. The van der Waals surface area contributed by atoms with Gasteiger partial charge in [0.1, 0.15) is 0 Å². The van der Waals surface area contributed by atoms with Gasteiger partial charge < -0.3 is 9.47 Å². The summed E-state index contributed by atoms with van der Waals surface area (Å²) in [6.07, 6.45) is 5.71. The third kappa shape index (κ3) is 2.74. The number of esters is 2. The average molecular weight is 252 g/mol. The summed E-state index contributed by atoms with van der Waals surface area (Å²) >= 11 is 0. The second-order valence-corrected chi connectivity index (χ2v) is 5.25. The molecule has 2 fully saturated rings. The van der Waals surface area contributed by atoms with E-state index >= 15 is 0 Å². The maximum atomic E-state index is 12.1. The molecule has 1 saturated heterocycles. The molecule has 4 heteroatoms. The highest BCUT2D eigenvalue weighted by molar-refractivity contribution is 5.81. The number of carbonyl (C=O) groups excluding carboxylic acids is 2. The van der Waals surface area contributed by atoms with E-state index in [0.29, 0.717) is 18.9 Å². The first-order valence-corrected chi connectivity index (χ1v) is 6.61. The number of rotatable bonds is 3. The van der Waals surface area contributed by atoms with Crippen LogP contribution in [0.5, 0.6) is 0 Å². The fraction of sp³-hybridized carbons (Fsp3) is 0.714. The molecule has 100 valence electrons. The van der Waals surface area contributed by atoms with E-state index in [1.54, 1.807) is 0 Å². The molecule has 4 nitrogen and oxygen atoms in total. The molecule has 0 spiro atoms. The number of hydrogen-bond donors (Lipinski definition) is 0. The highest BCUT2D eigenvalue weighted by Gasteiger charge is 2.39. The van der Waals surface area contributed by atoms with Crippen LogP contribution >= 0.6 is 0 Å². The zero-order valence-electron chi connectivity index (χ0n) is 10.9. The molecule has 2 rings (SSSR count). The van der Waals surface area contributed by atoms with E-state index in [-0.39, 0.29) is 17.8 Å². The van der Waals surface area contributed by atoms with Gasteiger partial charge in [0.2, 0.25) is 6.10 Å². The average Bonchev–Trinajstić information content (AvgIpc) is 2.87. The summed E-state index contributed by atoms with van der Waals surface area (Å²) in [6, 6.07) is 0. The van der Waals surface area contributed by atoms with Crippen LogP contribution < -0.4 is 0 Å². The third-order valence-electron chi connectivity index (χ3n) is 3.74. The Hall–Kier alpha value is -1.32. The Labute approximate surface area is 107 Å². The molecule has 0 amide bonds. The quantitative estimate of drug-likeness (QED) is 0.570. The van der Waals surface area contributed by atoms with Crippen molar-refractivity contribution in [2.75, 3.05) is 6.61 Å². The lowest BCUT2D eigenvalue weighted by Crippen LogP contribution is -2.28. The summed E-state index contributed by atoms with van der Waals surface area (Å²) in [5.41, 5.74) is 0. The standard InChI is InChI=1S/C14H20O4/c1-3-4-10-7-9(2)8-11(10)13(15)18-12-5-6-17-14(12)16/h3-4,9-12H,5-8H2,1-2H3/b4-3+. The molecule has 1 aliphatic heterocycles. The van der Waals surface area contributed by atoms with Gasteiger partial charge in [0.15, 0.2) is 0 Å². The summed E-state index contributed by atoms with van der Waals surface area (Å²) in [5.74, 6) is 0.0158. The van der Waals surface area contributed by atoms with Gasteiger partial charge in [0, 0.05) is 6.42 Å². The molecule has 0 N–H and O–H groups in total. The molecule has 4 unspecified atom stereocenters. The van der Waals surface area contributed by atoms with Crippen LogP contribution in [0.2, 0.25) is 0 Å². The van der Waals surface area contributed by atoms with Crippen LogP contribution in [0.25, 0.3) is 0 Å². The van der Waals surface area contributed by atoms with Gasteiger partial charge in [-0.15, -0.1) is 0 Å². The zero-order chi connectivity index (χ0) is 13.1. The summed E-state index contributed by atoms with van der Waals surface area (Å²) in [5, 5.41) is 0. The number of cyclic esters (lactones) is 1. The smallest absolute Gasteiger partial charge is 0.347 e. The first-order valence-electron chi connectivity index (χ1n) is 6.61. The number of hydrogen-bond acceptors (Lipinski definition) is 4. The summed E-state index contributed by atoms with van der Waals surface area (Å²) in [4.78, 5) is 23.4. The van der Waals surface area contributed by atoms with Crippen molar-refractivity contribution >= 4 is 11.9 Å². The van der Waals surface area contributed by atoms with Crippen LogP contribution in [0, 0.1) is 17.8 Å². The van der Waals surface area contributed by atoms with Gasteiger partial charge >= 0.3 is 11.9 Å². The minimum absolute atomic E-state index is 0.107. The lowest BCUT2D eigenvalue weighted by molar-refractivity contribution is -0.163. The Morgan fingerprint density at radius 2 is 2.22 bits per heavy atom. The van der Waals surface area contributed by atoms with Crippen LogP contribution in [0.3, 0.4) is 0 Å². The van der Waals surface area contributed by atoms with Crippen molar-refractivity contribution in [2.45, 2.75) is 39.2 Å². The van der Waals surface area contributed by atoms with Crippen LogP contribution in [-0.2, 0) is 19.1 Å². The maximum absolute atomic E-state index is 12.1. The van der Waals surface area contributed by atoms with E-state index in [1.807, 2.05) is 13.0 Å². The predicted molar refractivity (Wildman–Crippen MR) is 65.6 cm³/mol. The molecule has 0 bridgehead atoms. The van der Waals surface area contributed by atoms with Crippen LogP contribution in [-0.4, -0.2) is 24.6 Å². The van der Waals surface area contributed by atoms with Crippen molar-refractivity contribution in [2.24, 2.45) is 17.8 Å². The van der Waals surface area contributed by atoms with Crippen LogP contribution in [0.15, 0.2) is 12.2 Å². The van der Waals surface area contributed by atoms with Crippen molar-refractivity contribution in [1.29, 1.82) is 0 Å². The Bertz CT molecular complexity index is 361. The molecule has 1 aliphatic carbocycles. The zero-order valence-corrected chi connectivity index (χ0v) is 10.9. The predicted octanol–water partition coefficient (Wildman–Crippen LogP) is 2.08. The lowest BCUT2D eigenvalue weighted by Gasteiger charge is -2.16. The second-order valence-electron chi connectivity index (χ2n) is 5.25. The van der Waals surface area contributed by atoms with E-state index < -0.39 is 12.1 Å².